The SMILES string of the molecule is CNC(=O)c1cnc(NC(=O)C2CC2)cc1Nc1nccc(-c2noc(COC)n2)c1OC. The Morgan fingerprint density at radius 1 is 1.24 bits per heavy atom. The van der Waals surface area contributed by atoms with Gasteiger partial charge in [-0.2, -0.15) is 4.98 Å². The number of ether oxygens (including phenoxy) is 2. The number of carbonyl (C=O) groups excluding carboxylic acids is 2. The van der Waals surface area contributed by atoms with Gasteiger partial charge >= 0.3 is 0 Å². The molecule has 1 aliphatic rings. The molecule has 3 N–H and O–H groups in total. The fourth-order valence-corrected chi connectivity index (χ4v) is 3.11. The zero-order valence-electron chi connectivity index (χ0n) is 18.3. The molecule has 1 fully saturated rings. The van der Waals surface area contributed by atoms with Gasteiger partial charge in [-0.1, -0.05) is 5.16 Å². The number of anilines is 3. The van der Waals surface area contributed by atoms with Crippen LogP contribution in [-0.4, -0.2) is 53.2 Å². The van der Waals surface area contributed by atoms with Gasteiger partial charge < -0.3 is 29.9 Å². The van der Waals surface area contributed by atoms with Crippen LogP contribution in [0.1, 0.15) is 29.1 Å². The average Bonchev–Trinajstić information content (AvgIpc) is 3.58. The van der Waals surface area contributed by atoms with Gasteiger partial charge in [-0.25, -0.2) is 9.97 Å². The number of aromatic nitrogens is 4. The second-order valence-electron chi connectivity index (χ2n) is 7.27. The van der Waals surface area contributed by atoms with Gasteiger partial charge in [0.1, 0.15) is 12.4 Å². The normalized spacial score (nSPS) is 12.8. The summed E-state index contributed by atoms with van der Waals surface area (Å²) in [6.45, 7) is 0.174. The van der Waals surface area contributed by atoms with Crippen molar-refractivity contribution in [2.75, 3.05) is 31.9 Å². The molecule has 1 saturated carbocycles. The first-order valence-corrected chi connectivity index (χ1v) is 10.2. The second kappa shape index (κ2) is 9.61. The van der Waals surface area contributed by atoms with E-state index >= 15 is 0 Å². The number of nitrogens with zero attached hydrogens (tertiary/aromatic N) is 4. The predicted octanol–water partition coefficient (Wildman–Crippen LogP) is 2.13. The summed E-state index contributed by atoms with van der Waals surface area (Å²) in [4.78, 5) is 37.4. The summed E-state index contributed by atoms with van der Waals surface area (Å²) in [6, 6.07) is 3.25. The number of nitrogens with one attached hydrogen (secondary N) is 3. The summed E-state index contributed by atoms with van der Waals surface area (Å²) in [5, 5.41) is 12.4. The van der Waals surface area contributed by atoms with E-state index < -0.39 is 0 Å². The van der Waals surface area contributed by atoms with Crippen LogP contribution in [-0.2, 0) is 16.1 Å². The van der Waals surface area contributed by atoms with Crippen LogP contribution in [0.5, 0.6) is 5.75 Å². The Balaban J connectivity index is 1.69. The zero-order valence-corrected chi connectivity index (χ0v) is 18.3. The van der Waals surface area contributed by atoms with Gasteiger partial charge in [-0.3, -0.25) is 9.59 Å². The number of hydrogen-bond acceptors (Lipinski definition) is 10. The number of carbonyl (C=O) groups is 2. The highest BCUT2D eigenvalue weighted by Gasteiger charge is 2.30. The van der Waals surface area contributed by atoms with Gasteiger partial charge in [0.05, 0.1) is 23.9 Å². The Labute approximate surface area is 189 Å². The lowest BCUT2D eigenvalue weighted by molar-refractivity contribution is -0.117. The second-order valence-corrected chi connectivity index (χ2v) is 7.27. The van der Waals surface area contributed by atoms with Crippen molar-refractivity contribution in [2.24, 2.45) is 5.92 Å². The molecule has 33 heavy (non-hydrogen) atoms. The highest BCUT2D eigenvalue weighted by atomic mass is 16.5. The Morgan fingerprint density at radius 2 is 2.06 bits per heavy atom. The Morgan fingerprint density at radius 3 is 2.76 bits per heavy atom. The molecule has 3 heterocycles. The third kappa shape index (κ3) is 4.90. The molecule has 172 valence electrons. The van der Waals surface area contributed by atoms with Crippen molar-refractivity contribution in [1.29, 1.82) is 0 Å². The number of pyridine rings is 2. The summed E-state index contributed by atoms with van der Waals surface area (Å²) in [5.41, 5.74) is 1.17. The van der Waals surface area contributed by atoms with Crippen molar-refractivity contribution in [1.82, 2.24) is 25.4 Å². The maximum atomic E-state index is 12.4. The average molecular weight is 453 g/mol. The lowest BCUT2D eigenvalue weighted by Crippen LogP contribution is -2.20. The molecule has 3 aromatic heterocycles. The molecule has 0 radical (unpaired) electrons. The van der Waals surface area contributed by atoms with Crippen LogP contribution in [0, 0.1) is 5.92 Å². The third-order valence-corrected chi connectivity index (χ3v) is 4.91. The van der Waals surface area contributed by atoms with E-state index in [2.05, 4.69) is 36.1 Å². The van der Waals surface area contributed by atoms with E-state index in [4.69, 9.17) is 14.0 Å². The van der Waals surface area contributed by atoms with Crippen LogP contribution >= 0.6 is 0 Å². The molecule has 0 saturated heterocycles. The molecule has 2 amide bonds. The van der Waals surface area contributed by atoms with Gasteiger partial charge in [0.15, 0.2) is 11.6 Å². The largest absolute Gasteiger partial charge is 0.492 e. The quantitative estimate of drug-likeness (QED) is 0.439. The van der Waals surface area contributed by atoms with Gasteiger partial charge in [0.25, 0.3) is 11.8 Å². The summed E-state index contributed by atoms with van der Waals surface area (Å²) >= 11 is 0. The van der Waals surface area contributed by atoms with Gasteiger partial charge in [-0.05, 0) is 18.9 Å². The number of rotatable bonds is 9. The van der Waals surface area contributed by atoms with E-state index in [0.29, 0.717) is 40.4 Å². The molecule has 0 aromatic carbocycles. The van der Waals surface area contributed by atoms with Crippen molar-refractivity contribution in [3.05, 3.63) is 36.0 Å². The first-order valence-electron chi connectivity index (χ1n) is 10.2. The molecule has 0 atom stereocenters. The van der Waals surface area contributed by atoms with Crippen LogP contribution < -0.4 is 20.7 Å². The standard InChI is InChI=1S/C21H23N7O5/c1-22-21(30)13-9-24-15(26-20(29)11-4-5-11)8-14(13)25-19-17(32-3)12(6-7-23-19)18-27-16(10-31-2)33-28-18/h6-9,11H,4-5,10H2,1-3H3,(H,22,30)(H2,23,24,25,26,29). The lowest BCUT2D eigenvalue weighted by atomic mass is 10.2. The van der Waals surface area contributed by atoms with E-state index in [1.807, 2.05) is 0 Å². The minimum Gasteiger partial charge on any atom is -0.492 e. The predicted molar refractivity (Wildman–Crippen MR) is 117 cm³/mol. The highest BCUT2D eigenvalue weighted by molar-refractivity contribution is 6.01. The molecule has 0 spiro atoms. The molecule has 12 nitrogen and oxygen atoms in total. The van der Waals surface area contributed by atoms with E-state index in [1.54, 1.807) is 18.3 Å². The summed E-state index contributed by atoms with van der Waals surface area (Å²) < 4.78 is 15.8. The summed E-state index contributed by atoms with van der Waals surface area (Å²) in [5.74, 6) is 1.13. The molecule has 0 aliphatic heterocycles. The highest BCUT2D eigenvalue weighted by Crippen LogP contribution is 2.36. The molecular weight excluding hydrogens is 430 g/mol. The van der Waals surface area contributed by atoms with Gasteiger partial charge in [0, 0.05) is 38.5 Å². The van der Waals surface area contributed by atoms with Gasteiger partial charge in [0.2, 0.25) is 11.7 Å². The number of methoxy groups -OCH3 is 2. The first kappa shape index (κ1) is 22.1. The molecule has 4 rings (SSSR count). The molecule has 0 bridgehead atoms. The monoisotopic (exact) mass is 453 g/mol. The topological polar surface area (TPSA) is 153 Å². The van der Waals surface area contributed by atoms with Crippen LogP contribution in [0.2, 0.25) is 0 Å². The van der Waals surface area contributed by atoms with E-state index in [1.165, 1.54) is 27.5 Å². The van der Waals surface area contributed by atoms with Crippen LogP contribution in [0.3, 0.4) is 0 Å². The third-order valence-electron chi connectivity index (χ3n) is 4.91. The smallest absolute Gasteiger partial charge is 0.254 e. The Kier molecular flexibility index (Phi) is 6.45. The zero-order chi connectivity index (χ0) is 23.4. The van der Waals surface area contributed by atoms with E-state index in [9.17, 15) is 9.59 Å². The van der Waals surface area contributed by atoms with Gasteiger partial charge in [-0.15, -0.1) is 0 Å². The van der Waals surface area contributed by atoms with E-state index in [0.717, 1.165) is 12.8 Å². The number of hydrogen-bond donors (Lipinski definition) is 3. The Bertz CT molecular complexity index is 1180. The Hall–Kier alpha value is -4.06. The van der Waals surface area contributed by atoms with Crippen molar-refractivity contribution in [3.63, 3.8) is 0 Å². The van der Waals surface area contributed by atoms with Crippen LogP contribution in [0.4, 0.5) is 17.3 Å². The molecular formula is C21H23N7O5. The van der Waals surface area contributed by atoms with Crippen molar-refractivity contribution in [3.8, 4) is 17.1 Å². The fourth-order valence-electron chi connectivity index (χ4n) is 3.11. The minimum atomic E-state index is -0.359. The molecule has 3 aromatic rings. The number of amides is 2. The van der Waals surface area contributed by atoms with Crippen molar-refractivity contribution in [2.45, 2.75) is 19.4 Å². The summed E-state index contributed by atoms with van der Waals surface area (Å²) in [7, 11) is 4.52. The molecule has 0 unspecified atom stereocenters. The van der Waals surface area contributed by atoms with Crippen molar-refractivity contribution >= 4 is 29.1 Å². The van der Waals surface area contributed by atoms with E-state index in [-0.39, 0.29) is 29.9 Å². The maximum absolute atomic E-state index is 12.4. The summed E-state index contributed by atoms with van der Waals surface area (Å²) in [6.07, 6.45) is 4.66. The molecule has 1 aliphatic carbocycles. The van der Waals surface area contributed by atoms with Crippen LogP contribution in [0.25, 0.3) is 11.4 Å². The minimum absolute atomic E-state index is 0.0122. The first-order chi connectivity index (χ1) is 16.0. The lowest BCUT2D eigenvalue weighted by Gasteiger charge is -2.15. The fraction of sp³-hybridized carbons (Fsp3) is 0.333. The maximum Gasteiger partial charge on any atom is 0.254 e. The molecule has 12 heteroatoms. The van der Waals surface area contributed by atoms with Crippen LogP contribution in [0.15, 0.2) is 29.0 Å². The van der Waals surface area contributed by atoms with Crippen molar-refractivity contribution < 1.29 is 23.6 Å².